The van der Waals surface area contributed by atoms with Gasteiger partial charge in [-0.15, -0.1) is 0 Å². The maximum absolute atomic E-state index is 12.0. The minimum atomic E-state index is -3.31. The summed E-state index contributed by atoms with van der Waals surface area (Å²) in [5.41, 5.74) is 0.239. The van der Waals surface area contributed by atoms with Crippen LogP contribution >= 0.6 is 0 Å². The average molecular weight is 285 g/mol. The van der Waals surface area contributed by atoms with Gasteiger partial charge in [-0.3, -0.25) is 4.79 Å². The van der Waals surface area contributed by atoms with Gasteiger partial charge >= 0.3 is 5.97 Å². The van der Waals surface area contributed by atoms with Crippen LogP contribution in [0.4, 0.5) is 0 Å². The van der Waals surface area contributed by atoms with Crippen molar-refractivity contribution >= 4 is 21.7 Å². The summed E-state index contributed by atoms with van der Waals surface area (Å²) >= 11 is 0. The second-order valence-electron chi connectivity index (χ2n) is 4.23. The van der Waals surface area contributed by atoms with Crippen LogP contribution in [0.25, 0.3) is 0 Å². The Morgan fingerprint density at radius 3 is 2.05 bits per heavy atom. The van der Waals surface area contributed by atoms with E-state index in [9.17, 15) is 18.0 Å². The Kier molecular flexibility index (Phi) is 4.31. The van der Waals surface area contributed by atoms with Gasteiger partial charge in [0.2, 0.25) is 0 Å². The molecular formula is C12H15NO5S. The van der Waals surface area contributed by atoms with E-state index >= 15 is 0 Å². The Balaban J connectivity index is 2.99. The van der Waals surface area contributed by atoms with Gasteiger partial charge in [-0.1, -0.05) is 0 Å². The first-order valence-electron chi connectivity index (χ1n) is 5.44. The summed E-state index contributed by atoms with van der Waals surface area (Å²) in [6, 6.07) is 4.42. The molecule has 19 heavy (non-hydrogen) atoms. The Morgan fingerprint density at radius 1 is 1.21 bits per heavy atom. The van der Waals surface area contributed by atoms with Gasteiger partial charge in [0, 0.05) is 18.9 Å². The topological polar surface area (TPSA) is 91.8 Å². The maximum Gasteiger partial charge on any atom is 0.326 e. The largest absolute Gasteiger partial charge is 0.480 e. The number of hydrogen-bond donors (Lipinski definition) is 1. The summed E-state index contributed by atoms with van der Waals surface area (Å²) < 4.78 is 22.5. The molecule has 0 saturated carbocycles. The van der Waals surface area contributed by atoms with Crippen molar-refractivity contribution in [2.45, 2.75) is 17.9 Å². The molecule has 1 aromatic rings. The number of carboxylic acids is 1. The number of carboxylic acid groups (broad SMARTS) is 1. The SMILES string of the molecule is C[C@@H](C(=O)O)N(C)C(=O)c1ccc(S(C)(=O)=O)cc1. The predicted octanol–water partition coefficient (Wildman–Crippen LogP) is 0.635. The van der Waals surface area contributed by atoms with E-state index in [4.69, 9.17) is 5.11 Å². The van der Waals surface area contributed by atoms with Crippen molar-refractivity contribution < 1.29 is 23.1 Å². The Morgan fingerprint density at radius 2 is 1.68 bits per heavy atom. The standard InChI is InChI=1S/C12H15NO5S/c1-8(12(15)16)13(2)11(14)9-4-6-10(7-5-9)19(3,17)18/h4-8H,1-3H3,(H,15,16)/t8-/m0/s1. The molecule has 1 amide bonds. The average Bonchev–Trinajstić information content (AvgIpc) is 2.35. The molecule has 0 aromatic heterocycles. The van der Waals surface area contributed by atoms with Gasteiger partial charge in [-0.05, 0) is 31.2 Å². The normalized spacial score (nSPS) is 12.8. The van der Waals surface area contributed by atoms with Crippen LogP contribution in [0.5, 0.6) is 0 Å². The van der Waals surface area contributed by atoms with Crippen LogP contribution in [-0.2, 0) is 14.6 Å². The quantitative estimate of drug-likeness (QED) is 0.876. The molecular weight excluding hydrogens is 270 g/mol. The molecule has 0 saturated heterocycles. The summed E-state index contributed by atoms with van der Waals surface area (Å²) in [7, 11) is -1.93. The van der Waals surface area contributed by atoms with E-state index in [0.717, 1.165) is 11.2 Å². The van der Waals surface area contributed by atoms with Crippen LogP contribution in [0, 0.1) is 0 Å². The zero-order chi connectivity index (χ0) is 14.8. The van der Waals surface area contributed by atoms with E-state index in [1.165, 1.54) is 38.2 Å². The molecule has 104 valence electrons. The number of benzene rings is 1. The van der Waals surface area contributed by atoms with E-state index in [0.29, 0.717) is 0 Å². The van der Waals surface area contributed by atoms with Crippen molar-refractivity contribution in [2.24, 2.45) is 0 Å². The third kappa shape index (κ3) is 3.54. The van der Waals surface area contributed by atoms with Gasteiger partial charge in [-0.2, -0.15) is 0 Å². The number of aliphatic carboxylic acids is 1. The Hall–Kier alpha value is -1.89. The summed E-state index contributed by atoms with van der Waals surface area (Å²) in [4.78, 5) is 23.9. The Bertz CT molecular complexity index is 591. The van der Waals surface area contributed by atoms with Crippen LogP contribution in [0.2, 0.25) is 0 Å². The van der Waals surface area contributed by atoms with Crippen molar-refractivity contribution in [1.29, 1.82) is 0 Å². The molecule has 0 radical (unpaired) electrons. The number of amides is 1. The summed E-state index contributed by atoms with van der Waals surface area (Å²) in [6.45, 7) is 1.39. The van der Waals surface area contributed by atoms with Crippen LogP contribution in [-0.4, -0.2) is 49.6 Å². The fraction of sp³-hybridized carbons (Fsp3) is 0.333. The highest BCUT2D eigenvalue weighted by Gasteiger charge is 2.22. The highest BCUT2D eigenvalue weighted by atomic mass is 32.2. The lowest BCUT2D eigenvalue weighted by Gasteiger charge is -2.21. The van der Waals surface area contributed by atoms with Crippen LogP contribution in [0.3, 0.4) is 0 Å². The van der Waals surface area contributed by atoms with E-state index in [1.54, 1.807) is 0 Å². The van der Waals surface area contributed by atoms with Crippen molar-refractivity contribution in [3.63, 3.8) is 0 Å². The molecule has 0 heterocycles. The number of carbonyl (C=O) groups is 2. The molecule has 0 aliphatic heterocycles. The lowest BCUT2D eigenvalue weighted by Crippen LogP contribution is -2.40. The van der Waals surface area contributed by atoms with Gasteiger partial charge < -0.3 is 10.0 Å². The molecule has 6 nitrogen and oxygen atoms in total. The molecule has 0 bridgehead atoms. The van der Waals surface area contributed by atoms with E-state index in [1.807, 2.05) is 0 Å². The zero-order valence-electron chi connectivity index (χ0n) is 10.8. The van der Waals surface area contributed by atoms with E-state index in [-0.39, 0.29) is 10.5 Å². The molecule has 0 aliphatic carbocycles. The van der Waals surface area contributed by atoms with Crippen molar-refractivity contribution in [3.8, 4) is 0 Å². The van der Waals surface area contributed by atoms with E-state index in [2.05, 4.69) is 0 Å². The van der Waals surface area contributed by atoms with Gasteiger partial charge in [0.05, 0.1) is 4.90 Å². The fourth-order valence-electron chi connectivity index (χ4n) is 1.39. The summed E-state index contributed by atoms with van der Waals surface area (Å²) in [5.74, 6) is -1.58. The maximum atomic E-state index is 12.0. The van der Waals surface area contributed by atoms with Gasteiger partial charge in [0.15, 0.2) is 9.84 Å². The Labute approximate surface area is 111 Å². The third-order valence-electron chi connectivity index (χ3n) is 2.79. The smallest absolute Gasteiger partial charge is 0.326 e. The monoisotopic (exact) mass is 285 g/mol. The minimum Gasteiger partial charge on any atom is -0.480 e. The number of nitrogens with zero attached hydrogens (tertiary/aromatic N) is 1. The summed E-state index contributed by atoms with van der Waals surface area (Å²) in [6.07, 6.45) is 1.07. The molecule has 1 rings (SSSR count). The first-order chi connectivity index (χ1) is 8.64. The first kappa shape index (κ1) is 15.2. The van der Waals surface area contributed by atoms with Crippen LogP contribution < -0.4 is 0 Å². The second-order valence-corrected chi connectivity index (χ2v) is 6.24. The van der Waals surface area contributed by atoms with Crippen molar-refractivity contribution in [3.05, 3.63) is 29.8 Å². The van der Waals surface area contributed by atoms with Gasteiger partial charge in [0.1, 0.15) is 6.04 Å². The van der Waals surface area contributed by atoms with Crippen molar-refractivity contribution in [2.75, 3.05) is 13.3 Å². The van der Waals surface area contributed by atoms with E-state index < -0.39 is 27.8 Å². The number of sulfone groups is 1. The number of hydrogen-bond acceptors (Lipinski definition) is 4. The number of carbonyl (C=O) groups excluding carboxylic acids is 1. The highest BCUT2D eigenvalue weighted by Crippen LogP contribution is 2.12. The molecule has 7 heteroatoms. The number of likely N-dealkylation sites (N-methyl/N-ethyl adjacent to an activating group) is 1. The first-order valence-corrected chi connectivity index (χ1v) is 7.34. The van der Waals surface area contributed by atoms with Crippen LogP contribution in [0.15, 0.2) is 29.2 Å². The van der Waals surface area contributed by atoms with Gasteiger partial charge in [-0.25, -0.2) is 13.2 Å². The highest BCUT2D eigenvalue weighted by molar-refractivity contribution is 7.90. The molecule has 0 aliphatic rings. The zero-order valence-corrected chi connectivity index (χ0v) is 11.6. The molecule has 1 atom stereocenters. The predicted molar refractivity (Wildman–Crippen MR) is 68.7 cm³/mol. The minimum absolute atomic E-state index is 0.109. The number of rotatable bonds is 4. The molecule has 0 spiro atoms. The lowest BCUT2D eigenvalue weighted by molar-refractivity contribution is -0.141. The summed E-state index contributed by atoms with van der Waals surface area (Å²) in [5, 5.41) is 8.83. The van der Waals surface area contributed by atoms with Crippen molar-refractivity contribution in [1.82, 2.24) is 4.90 Å². The lowest BCUT2D eigenvalue weighted by atomic mass is 10.2. The molecule has 0 fully saturated rings. The molecule has 0 unspecified atom stereocenters. The van der Waals surface area contributed by atoms with Crippen LogP contribution in [0.1, 0.15) is 17.3 Å². The molecule has 1 aromatic carbocycles. The fourth-order valence-corrected chi connectivity index (χ4v) is 2.02. The third-order valence-corrected chi connectivity index (χ3v) is 3.92. The van der Waals surface area contributed by atoms with Gasteiger partial charge in [0.25, 0.3) is 5.91 Å². The second kappa shape index (κ2) is 5.40. The molecule has 1 N–H and O–H groups in total.